The van der Waals surface area contributed by atoms with Gasteiger partial charge in [0.05, 0.1) is 4.88 Å². The average Bonchev–Trinajstić information content (AvgIpc) is 3.10. The summed E-state index contributed by atoms with van der Waals surface area (Å²) >= 11 is 1.57. The highest BCUT2D eigenvalue weighted by Crippen LogP contribution is 2.25. The summed E-state index contributed by atoms with van der Waals surface area (Å²) < 4.78 is 5.11. The summed E-state index contributed by atoms with van der Waals surface area (Å²) in [7, 11) is 0. The second-order valence-electron chi connectivity index (χ2n) is 3.87. The highest BCUT2D eigenvalue weighted by atomic mass is 32.1. The Balaban J connectivity index is 1.76. The number of rotatable bonds is 3. The summed E-state index contributed by atoms with van der Waals surface area (Å²) in [6.45, 7) is 0. The molecule has 1 N–H and O–H groups in total. The summed E-state index contributed by atoms with van der Waals surface area (Å²) in [6, 6.07) is 14.6. The van der Waals surface area contributed by atoms with Crippen molar-refractivity contribution in [2.75, 3.05) is 5.32 Å². The van der Waals surface area contributed by atoms with Crippen LogP contribution in [0.15, 0.2) is 58.4 Å². The minimum absolute atomic E-state index is 0.213. The van der Waals surface area contributed by atoms with E-state index in [9.17, 15) is 4.79 Å². The van der Waals surface area contributed by atoms with Gasteiger partial charge in [0.25, 0.3) is 5.91 Å². The third kappa shape index (κ3) is 2.56. The Morgan fingerprint density at radius 3 is 2.74 bits per heavy atom. The number of nitrogens with zero attached hydrogens (tertiary/aromatic N) is 1. The standard InChI is InChI=1S/C14H10N2O2S/c17-14(10-5-2-1-3-6-10)15-13-9-11(16-18-13)12-7-4-8-19-12/h1-9H,(H,15,17). The molecular formula is C14H10N2O2S. The van der Waals surface area contributed by atoms with Gasteiger partial charge in [0.15, 0.2) is 0 Å². The van der Waals surface area contributed by atoms with Gasteiger partial charge in [-0.25, -0.2) is 0 Å². The van der Waals surface area contributed by atoms with Crippen LogP contribution >= 0.6 is 11.3 Å². The quantitative estimate of drug-likeness (QED) is 0.790. The Hall–Kier alpha value is -2.40. The first-order chi connectivity index (χ1) is 9.33. The molecule has 19 heavy (non-hydrogen) atoms. The van der Waals surface area contributed by atoms with Crippen LogP contribution in [-0.4, -0.2) is 11.1 Å². The molecule has 3 aromatic rings. The molecule has 0 saturated heterocycles. The molecule has 3 rings (SSSR count). The van der Waals surface area contributed by atoms with Gasteiger partial charge in [0.1, 0.15) is 5.69 Å². The van der Waals surface area contributed by atoms with Crippen molar-refractivity contribution >= 4 is 23.1 Å². The average molecular weight is 270 g/mol. The van der Waals surface area contributed by atoms with Gasteiger partial charge in [0.2, 0.25) is 5.88 Å². The van der Waals surface area contributed by atoms with Gasteiger partial charge in [-0.1, -0.05) is 29.4 Å². The lowest BCUT2D eigenvalue weighted by Crippen LogP contribution is -2.10. The molecule has 5 heteroatoms. The van der Waals surface area contributed by atoms with Crippen LogP contribution in [0, 0.1) is 0 Å². The minimum atomic E-state index is -0.213. The van der Waals surface area contributed by atoms with Gasteiger partial charge in [-0.3, -0.25) is 10.1 Å². The molecule has 1 amide bonds. The van der Waals surface area contributed by atoms with Crippen molar-refractivity contribution in [2.24, 2.45) is 0 Å². The number of carbonyl (C=O) groups excluding carboxylic acids is 1. The number of thiophene rings is 1. The maximum Gasteiger partial charge on any atom is 0.258 e. The van der Waals surface area contributed by atoms with Crippen LogP contribution in [0.3, 0.4) is 0 Å². The van der Waals surface area contributed by atoms with Crippen LogP contribution in [0.25, 0.3) is 10.6 Å². The maximum atomic E-state index is 11.9. The molecule has 0 spiro atoms. The largest absolute Gasteiger partial charge is 0.338 e. The number of hydrogen-bond acceptors (Lipinski definition) is 4. The highest BCUT2D eigenvalue weighted by Gasteiger charge is 2.11. The molecule has 2 heterocycles. The zero-order chi connectivity index (χ0) is 13.1. The van der Waals surface area contributed by atoms with Gasteiger partial charge in [0, 0.05) is 11.6 Å². The summed E-state index contributed by atoms with van der Waals surface area (Å²) in [5, 5.41) is 8.57. The van der Waals surface area contributed by atoms with Crippen molar-refractivity contribution in [3.8, 4) is 10.6 Å². The van der Waals surface area contributed by atoms with Crippen molar-refractivity contribution in [2.45, 2.75) is 0 Å². The number of hydrogen-bond donors (Lipinski definition) is 1. The number of anilines is 1. The van der Waals surface area contributed by atoms with Gasteiger partial charge in [-0.15, -0.1) is 11.3 Å². The number of benzene rings is 1. The Morgan fingerprint density at radius 2 is 2.00 bits per heavy atom. The second-order valence-corrected chi connectivity index (χ2v) is 4.82. The van der Waals surface area contributed by atoms with Crippen molar-refractivity contribution in [1.29, 1.82) is 0 Å². The minimum Gasteiger partial charge on any atom is -0.338 e. The molecule has 0 unspecified atom stereocenters. The van der Waals surface area contributed by atoms with Crippen LogP contribution in [-0.2, 0) is 0 Å². The van der Waals surface area contributed by atoms with Crippen molar-refractivity contribution in [1.82, 2.24) is 5.16 Å². The van der Waals surface area contributed by atoms with E-state index in [0.29, 0.717) is 11.4 Å². The van der Waals surface area contributed by atoms with Crippen molar-refractivity contribution in [3.05, 3.63) is 59.5 Å². The van der Waals surface area contributed by atoms with Gasteiger partial charge in [-0.2, -0.15) is 0 Å². The van der Waals surface area contributed by atoms with Gasteiger partial charge < -0.3 is 4.52 Å². The molecular weight excluding hydrogens is 260 g/mol. The molecule has 0 aliphatic heterocycles. The van der Waals surface area contributed by atoms with Crippen LogP contribution in [0.1, 0.15) is 10.4 Å². The van der Waals surface area contributed by atoms with E-state index in [0.717, 1.165) is 10.6 Å². The fourth-order valence-corrected chi connectivity index (χ4v) is 2.33. The summed E-state index contributed by atoms with van der Waals surface area (Å²) in [6.07, 6.45) is 0. The first-order valence-corrected chi connectivity index (χ1v) is 6.58. The smallest absolute Gasteiger partial charge is 0.258 e. The topological polar surface area (TPSA) is 55.1 Å². The molecule has 1 aromatic carbocycles. The third-order valence-corrected chi connectivity index (χ3v) is 3.45. The molecule has 0 radical (unpaired) electrons. The SMILES string of the molecule is O=C(Nc1cc(-c2cccs2)no1)c1ccccc1. The third-order valence-electron chi connectivity index (χ3n) is 2.56. The normalized spacial score (nSPS) is 10.3. The Bertz CT molecular complexity index is 675. The second kappa shape index (κ2) is 5.07. The summed E-state index contributed by atoms with van der Waals surface area (Å²) in [4.78, 5) is 12.9. The Kier molecular flexibility index (Phi) is 3.12. The summed E-state index contributed by atoms with van der Waals surface area (Å²) in [5.41, 5.74) is 1.30. The highest BCUT2D eigenvalue weighted by molar-refractivity contribution is 7.13. The number of aromatic nitrogens is 1. The predicted octanol–water partition coefficient (Wildman–Crippen LogP) is 3.66. The fraction of sp³-hybridized carbons (Fsp3) is 0. The molecule has 4 nitrogen and oxygen atoms in total. The van der Waals surface area contributed by atoms with Crippen molar-refractivity contribution < 1.29 is 9.32 Å². The van der Waals surface area contributed by atoms with Crippen LogP contribution in [0.4, 0.5) is 5.88 Å². The zero-order valence-corrected chi connectivity index (χ0v) is 10.7. The van der Waals surface area contributed by atoms with E-state index in [2.05, 4.69) is 10.5 Å². The monoisotopic (exact) mass is 270 g/mol. The molecule has 0 saturated carbocycles. The van der Waals surface area contributed by atoms with E-state index in [4.69, 9.17) is 4.52 Å². The molecule has 0 aliphatic rings. The lowest BCUT2D eigenvalue weighted by molar-refractivity contribution is 0.102. The number of amides is 1. The van der Waals surface area contributed by atoms with Crippen LogP contribution in [0.2, 0.25) is 0 Å². The van der Waals surface area contributed by atoms with Crippen LogP contribution in [0.5, 0.6) is 0 Å². The molecule has 94 valence electrons. The zero-order valence-electron chi connectivity index (χ0n) is 9.87. The van der Waals surface area contributed by atoms with Crippen molar-refractivity contribution in [3.63, 3.8) is 0 Å². The molecule has 2 aromatic heterocycles. The van der Waals surface area contributed by atoms with E-state index >= 15 is 0 Å². The Morgan fingerprint density at radius 1 is 1.16 bits per heavy atom. The summed E-state index contributed by atoms with van der Waals surface area (Å²) in [5.74, 6) is 0.131. The van der Waals surface area contributed by atoms with E-state index in [1.54, 1.807) is 29.5 Å². The maximum absolute atomic E-state index is 11.9. The lowest BCUT2D eigenvalue weighted by atomic mass is 10.2. The van der Waals surface area contributed by atoms with Gasteiger partial charge in [-0.05, 0) is 23.6 Å². The number of nitrogens with one attached hydrogen (secondary N) is 1. The molecule has 0 atom stereocenters. The number of carbonyl (C=O) groups is 1. The van der Waals surface area contributed by atoms with E-state index < -0.39 is 0 Å². The first-order valence-electron chi connectivity index (χ1n) is 5.70. The Labute approximate surface area is 113 Å². The lowest BCUT2D eigenvalue weighted by Gasteiger charge is -1.99. The van der Waals surface area contributed by atoms with E-state index in [-0.39, 0.29) is 5.91 Å². The molecule has 0 bridgehead atoms. The first kappa shape index (κ1) is 11.7. The molecule has 0 fully saturated rings. The van der Waals surface area contributed by atoms with Gasteiger partial charge >= 0.3 is 0 Å². The van der Waals surface area contributed by atoms with E-state index in [1.165, 1.54) is 0 Å². The van der Waals surface area contributed by atoms with Crippen LogP contribution < -0.4 is 5.32 Å². The van der Waals surface area contributed by atoms with E-state index in [1.807, 2.05) is 35.7 Å². The molecule has 0 aliphatic carbocycles. The predicted molar refractivity (Wildman–Crippen MR) is 74.2 cm³/mol. The fourth-order valence-electron chi connectivity index (χ4n) is 1.65.